The Kier molecular flexibility index (Phi) is 7.35. The van der Waals surface area contributed by atoms with Gasteiger partial charge in [0.2, 0.25) is 5.95 Å². The molecule has 152 valence electrons. The highest BCUT2D eigenvalue weighted by molar-refractivity contribution is 6.30. The molecule has 0 spiro atoms. The van der Waals surface area contributed by atoms with Crippen molar-refractivity contribution in [3.8, 4) is 0 Å². The Labute approximate surface area is 175 Å². The van der Waals surface area contributed by atoms with Gasteiger partial charge >= 0.3 is 6.18 Å². The fourth-order valence-electron chi connectivity index (χ4n) is 2.30. The van der Waals surface area contributed by atoms with E-state index in [0.29, 0.717) is 16.3 Å². The fourth-order valence-corrected chi connectivity index (χ4v) is 2.49. The molecule has 0 bridgehead atoms. The SMILES string of the molecule is Cl.O=C(NCc1ccncc1)c1cnc(Nc2cccc(Cl)c2)nc1C(F)(F)F. The number of pyridine rings is 1. The first-order chi connectivity index (χ1) is 13.3. The van der Waals surface area contributed by atoms with E-state index in [9.17, 15) is 18.0 Å². The lowest BCUT2D eigenvalue weighted by molar-refractivity contribution is -0.141. The van der Waals surface area contributed by atoms with Gasteiger partial charge in [0.15, 0.2) is 5.69 Å². The molecule has 6 nitrogen and oxygen atoms in total. The van der Waals surface area contributed by atoms with Gasteiger partial charge in [0.1, 0.15) is 0 Å². The number of hydrogen-bond donors (Lipinski definition) is 2. The summed E-state index contributed by atoms with van der Waals surface area (Å²) < 4.78 is 40.3. The van der Waals surface area contributed by atoms with Gasteiger partial charge in [-0.2, -0.15) is 13.2 Å². The molecule has 0 radical (unpaired) electrons. The van der Waals surface area contributed by atoms with E-state index in [-0.39, 0.29) is 24.9 Å². The number of alkyl halides is 3. The first-order valence-corrected chi connectivity index (χ1v) is 8.34. The van der Waals surface area contributed by atoms with Crippen LogP contribution >= 0.6 is 24.0 Å². The molecule has 11 heteroatoms. The number of rotatable bonds is 5. The van der Waals surface area contributed by atoms with Crippen LogP contribution in [0.4, 0.5) is 24.8 Å². The summed E-state index contributed by atoms with van der Waals surface area (Å²) in [5.74, 6) is -1.24. The number of carbonyl (C=O) groups is 1. The highest BCUT2D eigenvalue weighted by Crippen LogP contribution is 2.31. The molecule has 2 N–H and O–H groups in total. The van der Waals surface area contributed by atoms with Crippen molar-refractivity contribution >= 4 is 41.6 Å². The molecular formula is C18H14Cl2F3N5O. The van der Waals surface area contributed by atoms with Gasteiger partial charge in [-0.25, -0.2) is 9.97 Å². The number of amides is 1. The number of nitrogens with zero attached hydrogens (tertiary/aromatic N) is 3. The first-order valence-electron chi connectivity index (χ1n) is 7.97. The highest BCUT2D eigenvalue weighted by atomic mass is 35.5. The minimum absolute atomic E-state index is 0. The molecule has 29 heavy (non-hydrogen) atoms. The Hall–Kier alpha value is -2.91. The van der Waals surface area contributed by atoms with Crippen LogP contribution in [0.1, 0.15) is 21.6 Å². The zero-order chi connectivity index (χ0) is 20.1. The predicted molar refractivity (Wildman–Crippen MR) is 104 cm³/mol. The van der Waals surface area contributed by atoms with Gasteiger partial charge in [0.05, 0.1) is 5.56 Å². The van der Waals surface area contributed by atoms with Crippen molar-refractivity contribution in [2.24, 2.45) is 0 Å². The van der Waals surface area contributed by atoms with Crippen LogP contribution in [0.5, 0.6) is 0 Å². The fraction of sp³-hybridized carbons (Fsp3) is 0.111. The molecule has 0 saturated carbocycles. The van der Waals surface area contributed by atoms with Gasteiger partial charge in [0, 0.05) is 35.8 Å². The molecule has 0 aliphatic rings. The third kappa shape index (κ3) is 6.03. The molecule has 1 aromatic carbocycles. The minimum Gasteiger partial charge on any atom is -0.348 e. The number of anilines is 2. The van der Waals surface area contributed by atoms with Crippen LogP contribution in [0.25, 0.3) is 0 Å². The maximum Gasteiger partial charge on any atom is 0.434 e. The Balaban J connectivity index is 0.00000300. The summed E-state index contributed by atoms with van der Waals surface area (Å²) in [4.78, 5) is 23.4. The van der Waals surface area contributed by atoms with Crippen molar-refractivity contribution in [2.45, 2.75) is 12.7 Å². The van der Waals surface area contributed by atoms with Crippen molar-refractivity contribution in [2.75, 3.05) is 5.32 Å². The van der Waals surface area contributed by atoms with Crippen LogP contribution in [-0.2, 0) is 12.7 Å². The normalized spacial score (nSPS) is 10.8. The summed E-state index contributed by atoms with van der Waals surface area (Å²) in [6.07, 6.45) is -0.967. The van der Waals surface area contributed by atoms with Crippen LogP contribution in [-0.4, -0.2) is 20.9 Å². The zero-order valence-electron chi connectivity index (χ0n) is 14.6. The third-order valence-electron chi connectivity index (χ3n) is 3.59. The van der Waals surface area contributed by atoms with E-state index in [0.717, 1.165) is 6.20 Å². The van der Waals surface area contributed by atoms with Crippen molar-refractivity contribution in [1.29, 1.82) is 0 Å². The second kappa shape index (κ2) is 9.53. The lowest BCUT2D eigenvalue weighted by Crippen LogP contribution is -2.27. The van der Waals surface area contributed by atoms with E-state index < -0.39 is 23.3 Å². The van der Waals surface area contributed by atoms with Crippen LogP contribution < -0.4 is 10.6 Å². The predicted octanol–water partition coefficient (Wildman–Crippen LogP) is 4.64. The molecule has 2 aromatic heterocycles. The second-order valence-electron chi connectivity index (χ2n) is 5.63. The number of benzene rings is 1. The molecule has 3 aromatic rings. The molecule has 0 aliphatic heterocycles. The van der Waals surface area contributed by atoms with Crippen LogP contribution in [0.3, 0.4) is 0 Å². The Morgan fingerprint density at radius 2 is 1.86 bits per heavy atom. The highest BCUT2D eigenvalue weighted by Gasteiger charge is 2.38. The monoisotopic (exact) mass is 443 g/mol. The molecule has 0 fully saturated rings. The summed E-state index contributed by atoms with van der Waals surface area (Å²) in [6.45, 7) is 0.0428. The average molecular weight is 444 g/mol. The van der Waals surface area contributed by atoms with E-state index in [4.69, 9.17) is 11.6 Å². The molecule has 0 unspecified atom stereocenters. The largest absolute Gasteiger partial charge is 0.434 e. The van der Waals surface area contributed by atoms with Gasteiger partial charge in [-0.05, 0) is 35.9 Å². The lowest BCUT2D eigenvalue weighted by Gasteiger charge is -2.13. The average Bonchev–Trinajstić information content (AvgIpc) is 2.66. The summed E-state index contributed by atoms with van der Waals surface area (Å²) in [7, 11) is 0. The molecular weight excluding hydrogens is 430 g/mol. The minimum atomic E-state index is -4.84. The van der Waals surface area contributed by atoms with E-state index in [2.05, 4.69) is 25.6 Å². The smallest absolute Gasteiger partial charge is 0.348 e. The van der Waals surface area contributed by atoms with E-state index in [1.165, 1.54) is 18.5 Å². The molecule has 1 amide bonds. The molecule has 0 atom stereocenters. The second-order valence-corrected chi connectivity index (χ2v) is 6.06. The standard InChI is InChI=1S/C18H13ClF3N5O.ClH/c19-12-2-1-3-13(8-12)26-17-25-10-14(15(27-17)18(20,21)22)16(28)24-9-11-4-6-23-7-5-11;/h1-8,10H,9H2,(H,24,28)(H,25,26,27);1H. The van der Waals surface area contributed by atoms with Crippen molar-refractivity contribution in [3.63, 3.8) is 0 Å². The van der Waals surface area contributed by atoms with E-state index in [1.54, 1.807) is 30.3 Å². The van der Waals surface area contributed by atoms with Gasteiger partial charge in [-0.3, -0.25) is 9.78 Å². The lowest BCUT2D eigenvalue weighted by atomic mass is 10.2. The van der Waals surface area contributed by atoms with Crippen LogP contribution in [0, 0.1) is 0 Å². The number of nitrogens with one attached hydrogen (secondary N) is 2. The Morgan fingerprint density at radius 1 is 1.14 bits per heavy atom. The molecule has 0 saturated heterocycles. The maximum absolute atomic E-state index is 13.4. The van der Waals surface area contributed by atoms with Crippen molar-refractivity contribution < 1.29 is 18.0 Å². The number of carbonyl (C=O) groups excluding carboxylic acids is 1. The van der Waals surface area contributed by atoms with Crippen LogP contribution in [0.2, 0.25) is 5.02 Å². The third-order valence-corrected chi connectivity index (χ3v) is 3.82. The van der Waals surface area contributed by atoms with Gasteiger partial charge in [0.25, 0.3) is 5.91 Å². The van der Waals surface area contributed by atoms with Gasteiger partial charge < -0.3 is 10.6 Å². The first kappa shape index (κ1) is 22.4. The van der Waals surface area contributed by atoms with Gasteiger partial charge in [-0.1, -0.05) is 17.7 Å². The van der Waals surface area contributed by atoms with Crippen molar-refractivity contribution in [3.05, 3.63) is 76.8 Å². The number of halogens is 5. The zero-order valence-corrected chi connectivity index (χ0v) is 16.1. The van der Waals surface area contributed by atoms with Gasteiger partial charge in [-0.15, -0.1) is 12.4 Å². The topological polar surface area (TPSA) is 79.8 Å². The number of aromatic nitrogens is 3. The Morgan fingerprint density at radius 3 is 2.52 bits per heavy atom. The summed E-state index contributed by atoms with van der Waals surface area (Å²) in [5.41, 5.74) is -0.898. The van der Waals surface area contributed by atoms with Crippen molar-refractivity contribution in [1.82, 2.24) is 20.3 Å². The molecule has 2 heterocycles. The number of hydrogen-bond acceptors (Lipinski definition) is 5. The quantitative estimate of drug-likeness (QED) is 0.600. The summed E-state index contributed by atoms with van der Waals surface area (Å²) in [6, 6.07) is 9.62. The van der Waals surface area contributed by atoms with Crippen LogP contribution in [0.15, 0.2) is 55.0 Å². The molecule has 0 aliphatic carbocycles. The maximum atomic E-state index is 13.4. The summed E-state index contributed by atoms with van der Waals surface area (Å²) >= 11 is 5.85. The Bertz CT molecular complexity index is 987. The molecule has 3 rings (SSSR count). The summed E-state index contributed by atoms with van der Waals surface area (Å²) in [5, 5.41) is 5.45. The van der Waals surface area contributed by atoms with E-state index in [1.807, 2.05) is 0 Å². The van der Waals surface area contributed by atoms with E-state index >= 15 is 0 Å².